The third kappa shape index (κ3) is 11.1. The fourth-order valence-electron chi connectivity index (χ4n) is 1.93. The third-order valence-electron chi connectivity index (χ3n) is 3.29. The standard InChI is InChI=1S/C18H30N2O4/c1-16-3-5-17(6-4-16)15-18(21)20-8-10-23-12-14-24-13-11-22-9-7-19-2/h3-6,19H,7-15H2,1-2H3,(H,20,21). The van der Waals surface area contributed by atoms with E-state index in [-0.39, 0.29) is 5.91 Å². The van der Waals surface area contributed by atoms with E-state index >= 15 is 0 Å². The molecule has 1 aromatic carbocycles. The van der Waals surface area contributed by atoms with Crippen LogP contribution in [0.1, 0.15) is 11.1 Å². The summed E-state index contributed by atoms with van der Waals surface area (Å²) in [5.41, 5.74) is 2.21. The summed E-state index contributed by atoms with van der Waals surface area (Å²) in [5, 5.41) is 5.85. The summed E-state index contributed by atoms with van der Waals surface area (Å²) in [4.78, 5) is 11.8. The molecule has 136 valence electrons. The Labute approximate surface area is 144 Å². The molecule has 0 saturated carbocycles. The van der Waals surface area contributed by atoms with Crippen LogP contribution >= 0.6 is 0 Å². The molecule has 2 N–H and O–H groups in total. The zero-order chi connectivity index (χ0) is 17.5. The van der Waals surface area contributed by atoms with Crippen molar-refractivity contribution in [3.63, 3.8) is 0 Å². The summed E-state index contributed by atoms with van der Waals surface area (Å²) >= 11 is 0. The van der Waals surface area contributed by atoms with Crippen molar-refractivity contribution < 1.29 is 19.0 Å². The minimum absolute atomic E-state index is 0.0115. The molecular formula is C18H30N2O4. The third-order valence-corrected chi connectivity index (χ3v) is 3.29. The Hall–Kier alpha value is -1.47. The van der Waals surface area contributed by atoms with E-state index in [1.165, 1.54) is 5.56 Å². The highest BCUT2D eigenvalue weighted by molar-refractivity contribution is 5.78. The molecule has 0 aromatic heterocycles. The van der Waals surface area contributed by atoms with Crippen molar-refractivity contribution in [3.8, 4) is 0 Å². The summed E-state index contributed by atoms with van der Waals surface area (Å²) in [7, 11) is 1.89. The molecule has 1 rings (SSSR count). The van der Waals surface area contributed by atoms with Crippen molar-refractivity contribution in [3.05, 3.63) is 35.4 Å². The Morgan fingerprint density at radius 3 is 2.00 bits per heavy atom. The zero-order valence-corrected chi connectivity index (χ0v) is 14.8. The average Bonchev–Trinajstić information content (AvgIpc) is 2.58. The highest BCUT2D eigenvalue weighted by Crippen LogP contribution is 2.03. The Morgan fingerprint density at radius 1 is 0.875 bits per heavy atom. The second-order valence-corrected chi connectivity index (χ2v) is 5.45. The van der Waals surface area contributed by atoms with Crippen molar-refractivity contribution in [1.29, 1.82) is 0 Å². The molecule has 24 heavy (non-hydrogen) atoms. The molecule has 0 heterocycles. The fraction of sp³-hybridized carbons (Fsp3) is 0.611. The van der Waals surface area contributed by atoms with Gasteiger partial charge in [-0.2, -0.15) is 0 Å². The number of amides is 1. The van der Waals surface area contributed by atoms with Gasteiger partial charge in [0.25, 0.3) is 0 Å². The lowest BCUT2D eigenvalue weighted by Gasteiger charge is -2.08. The molecule has 0 radical (unpaired) electrons. The van der Waals surface area contributed by atoms with E-state index in [9.17, 15) is 4.79 Å². The molecule has 0 saturated heterocycles. The van der Waals surface area contributed by atoms with E-state index < -0.39 is 0 Å². The van der Waals surface area contributed by atoms with Crippen LogP contribution in [0, 0.1) is 6.92 Å². The van der Waals surface area contributed by atoms with Gasteiger partial charge in [-0.3, -0.25) is 4.79 Å². The molecule has 6 nitrogen and oxygen atoms in total. The highest BCUT2D eigenvalue weighted by atomic mass is 16.5. The minimum Gasteiger partial charge on any atom is -0.378 e. The molecule has 0 atom stereocenters. The first-order valence-corrected chi connectivity index (χ1v) is 8.42. The van der Waals surface area contributed by atoms with Gasteiger partial charge in [-0.05, 0) is 19.5 Å². The molecule has 0 aliphatic carbocycles. The predicted molar refractivity (Wildman–Crippen MR) is 94.3 cm³/mol. The first-order valence-electron chi connectivity index (χ1n) is 8.42. The normalized spacial score (nSPS) is 10.8. The first-order chi connectivity index (χ1) is 11.7. The lowest BCUT2D eigenvalue weighted by atomic mass is 10.1. The average molecular weight is 338 g/mol. The molecule has 0 aliphatic heterocycles. The SMILES string of the molecule is CNCCOCCOCCOCCNC(=O)Cc1ccc(C)cc1. The number of ether oxygens (including phenoxy) is 3. The summed E-state index contributed by atoms with van der Waals surface area (Å²) in [6.45, 7) is 6.78. The summed E-state index contributed by atoms with van der Waals surface area (Å²) < 4.78 is 16.1. The maximum absolute atomic E-state index is 11.8. The topological polar surface area (TPSA) is 68.8 Å². The Balaban J connectivity index is 1.87. The fourth-order valence-corrected chi connectivity index (χ4v) is 1.93. The van der Waals surface area contributed by atoms with Crippen LogP contribution in [-0.4, -0.2) is 65.7 Å². The number of hydrogen-bond donors (Lipinski definition) is 2. The largest absolute Gasteiger partial charge is 0.378 e. The van der Waals surface area contributed by atoms with E-state index in [0.717, 1.165) is 12.1 Å². The van der Waals surface area contributed by atoms with Crippen LogP contribution in [0.5, 0.6) is 0 Å². The van der Waals surface area contributed by atoms with Crippen LogP contribution in [0.2, 0.25) is 0 Å². The second kappa shape index (κ2) is 13.9. The number of carbonyl (C=O) groups is 1. The van der Waals surface area contributed by atoms with Crippen LogP contribution in [0.4, 0.5) is 0 Å². The van der Waals surface area contributed by atoms with E-state index in [1.807, 2.05) is 38.2 Å². The molecular weight excluding hydrogens is 308 g/mol. The van der Waals surface area contributed by atoms with Gasteiger partial charge in [0.15, 0.2) is 0 Å². The van der Waals surface area contributed by atoms with Gasteiger partial charge >= 0.3 is 0 Å². The van der Waals surface area contributed by atoms with Crippen LogP contribution in [0.25, 0.3) is 0 Å². The van der Waals surface area contributed by atoms with E-state index in [2.05, 4.69) is 10.6 Å². The molecule has 0 aliphatic rings. The molecule has 0 unspecified atom stereocenters. The summed E-state index contributed by atoms with van der Waals surface area (Å²) in [6.07, 6.45) is 0.400. The molecule has 0 spiro atoms. The van der Waals surface area contributed by atoms with Crippen molar-refractivity contribution in [2.24, 2.45) is 0 Å². The number of benzene rings is 1. The molecule has 1 amide bonds. The summed E-state index contributed by atoms with van der Waals surface area (Å²) in [5.74, 6) is 0.0115. The summed E-state index contributed by atoms with van der Waals surface area (Å²) in [6, 6.07) is 7.98. The van der Waals surface area contributed by atoms with Crippen LogP contribution < -0.4 is 10.6 Å². The predicted octanol–water partition coefficient (Wildman–Crippen LogP) is 0.923. The van der Waals surface area contributed by atoms with Gasteiger partial charge in [0.05, 0.1) is 46.1 Å². The second-order valence-electron chi connectivity index (χ2n) is 5.45. The van der Waals surface area contributed by atoms with Gasteiger partial charge in [-0.25, -0.2) is 0 Å². The molecule has 6 heteroatoms. The minimum atomic E-state index is 0.0115. The maximum atomic E-state index is 11.8. The van der Waals surface area contributed by atoms with Crippen molar-refractivity contribution in [2.45, 2.75) is 13.3 Å². The van der Waals surface area contributed by atoms with Gasteiger partial charge in [-0.1, -0.05) is 29.8 Å². The van der Waals surface area contributed by atoms with Crippen LogP contribution in [0.3, 0.4) is 0 Å². The van der Waals surface area contributed by atoms with Gasteiger partial charge in [0.2, 0.25) is 5.91 Å². The first kappa shape index (κ1) is 20.6. The van der Waals surface area contributed by atoms with E-state index in [0.29, 0.717) is 52.6 Å². The smallest absolute Gasteiger partial charge is 0.224 e. The number of carbonyl (C=O) groups excluding carboxylic acids is 1. The van der Waals surface area contributed by atoms with Gasteiger partial charge in [0, 0.05) is 13.1 Å². The van der Waals surface area contributed by atoms with E-state index in [1.54, 1.807) is 0 Å². The quantitative estimate of drug-likeness (QED) is 0.494. The number of aryl methyl sites for hydroxylation is 1. The number of hydrogen-bond acceptors (Lipinski definition) is 5. The Kier molecular flexibility index (Phi) is 11.9. The number of nitrogens with one attached hydrogen (secondary N) is 2. The zero-order valence-electron chi connectivity index (χ0n) is 14.8. The van der Waals surface area contributed by atoms with Crippen LogP contribution in [-0.2, 0) is 25.4 Å². The highest BCUT2D eigenvalue weighted by Gasteiger charge is 2.02. The molecule has 1 aromatic rings. The van der Waals surface area contributed by atoms with Crippen molar-refractivity contribution >= 4 is 5.91 Å². The maximum Gasteiger partial charge on any atom is 0.224 e. The lowest BCUT2D eigenvalue weighted by molar-refractivity contribution is -0.120. The molecule has 0 bridgehead atoms. The number of likely N-dealkylation sites (N-methyl/N-ethyl adjacent to an activating group) is 1. The van der Waals surface area contributed by atoms with Crippen molar-refractivity contribution in [2.75, 3.05) is 59.8 Å². The Morgan fingerprint density at radius 2 is 1.42 bits per heavy atom. The number of rotatable bonds is 14. The lowest BCUT2D eigenvalue weighted by Crippen LogP contribution is -2.29. The van der Waals surface area contributed by atoms with E-state index in [4.69, 9.17) is 14.2 Å². The van der Waals surface area contributed by atoms with Gasteiger partial charge < -0.3 is 24.8 Å². The molecule has 0 fully saturated rings. The van der Waals surface area contributed by atoms with Crippen LogP contribution in [0.15, 0.2) is 24.3 Å². The van der Waals surface area contributed by atoms with Crippen molar-refractivity contribution in [1.82, 2.24) is 10.6 Å². The Bertz CT molecular complexity index is 437. The van der Waals surface area contributed by atoms with Gasteiger partial charge in [0.1, 0.15) is 0 Å². The van der Waals surface area contributed by atoms with Gasteiger partial charge in [-0.15, -0.1) is 0 Å². The monoisotopic (exact) mass is 338 g/mol.